The van der Waals surface area contributed by atoms with Gasteiger partial charge in [0.05, 0.1) is 16.2 Å². The van der Waals surface area contributed by atoms with Gasteiger partial charge >= 0.3 is 0 Å². The van der Waals surface area contributed by atoms with Gasteiger partial charge in [-0.05, 0) is 37.5 Å². The van der Waals surface area contributed by atoms with Crippen molar-refractivity contribution in [2.24, 2.45) is 4.99 Å². The van der Waals surface area contributed by atoms with Crippen molar-refractivity contribution in [2.45, 2.75) is 39.2 Å². The minimum absolute atomic E-state index is 0.0773. The Morgan fingerprint density at radius 2 is 1.95 bits per heavy atom. The van der Waals surface area contributed by atoms with Crippen molar-refractivity contribution in [2.75, 3.05) is 11.1 Å². The minimum atomic E-state index is 0.0773. The van der Waals surface area contributed by atoms with Crippen LogP contribution >= 0.6 is 35.0 Å². The van der Waals surface area contributed by atoms with E-state index >= 15 is 0 Å². The molecular weight excluding hydrogens is 299 g/mol. The van der Waals surface area contributed by atoms with Crippen LogP contribution in [-0.4, -0.2) is 16.5 Å². The average Bonchev–Trinajstić information content (AvgIpc) is 2.80. The number of hydrogen-bond donors (Lipinski definition) is 1. The van der Waals surface area contributed by atoms with E-state index in [0.29, 0.717) is 10.0 Å². The number of rotatable bonds is 3. The summed E-state index contributed by atoms with van der Waals surface area (Å²) in [4.78, 5) is 4.81. The molecule has 1 N–H and O–H groups in total. The van der Waals surface area contributed by atoms with E-state index in [-0.39, 0.29) is 5.54 Å². The van der Waals surface area contributed by atoms with Crippen LogP contribution < -0.4 is 5.32 Å². The molecule has 1 aromatic carbocycles. The van der Waals surface area contributed by atoms with Gasteiger partial charge in [-0.3, -0.25) is 4.99 Å². The Morgan fingerprint density at radius 3 is 2.53 bits per heavy atom. The summed E-state index contributed by atoms with van der Waals surface area (Å²) in [6.07, 6.45) is 2.12. The van der Waals surface area contributed by atoms with Gasteiger partial charge < -0.3 is 5.32 Å². The van der Waals surface area contributed by atoms with Crippen molar-refractivity contribution in [3.8, 4) is 0 Å². The number of anilines is 1. The molecule has 1 heterocycles. The number of amidine groups is 1. The van der Waals surface area contributed by atoms with Gasteiger partial charge in [0, 0.05) is 10.8 Å². The minimum Gasteiger partial charge on any atom is -0.334 e. The van der Waals surface area contributed by atoms with Crippen molar-refractivity contribution in [3.05, 3.63) is 27.7 Å². The molecule has 2 rings (SSSR count). The first kappa shape index (κ1) is 15.0. The largest absolute Gasteiger partial charge is 0.334 e. The van der Waals surface area contributed by atoms with E-state index in [9.17, 15) is 0 Å². The van der Waals surface area contributed by atoms with Crippen LogP contribution in [0, 0.1) is 6.92 Å². The van der Waals surface area contributed by atoms with Crippen LogP contribution in [0.4, 0.5) is 5.69 Å². The van der Waals surface area contributed by atoms with Gasteiger partial charge in [-0.2, -0.15) is 0 Å². The van der Waals surface area contributed by atoms with Crippen LogP contribution in [-0.2, 0) is 0 Å². The van der Waals surface area contributed by atoms with Crippen LogP contribution in [0.3, 0.4) is 0 Å². The lowest BCUT2D eigenvalue weighted by Crippen LogP contribution is -2.24. The van der Waals surface area contributed by atoms with Crippen LogP contribution in [0.5, 0.6) is 0 Å². The van der Waals surface area contributed by atoms with Gasteiger partial charge in [-0.15, -0.1) is 0 Å². The highest BCUT2D eigenvalue weighted by atomic mass is 35.5. The number of nitrogens with one attached hydrogen (secondary N) is 1. The molecule has 0 aliphatic carbocycles. The summed E-state index contributed by atoms with van der Waals surface area (Å²) >= 11 is 14.1. The second-order valence-electron chi connectivity index (χ2n) is 4.84. The molecule has 0 saturated heterocycles. The summed E-state index contributed by atoms with van der Waals surface area (Å²) in [6, 6.07) is 3.74. The summed E-state index contributed by atoms with van der Waals surface area (Å²) in [7, 11) is 0. The first-order valence-corrected chi connectivity index (χ1v) is 8.19. The molecule has 104 valence electrons. The summed E-state index contributed by atoms with van der Waals surface area (Å²) < 4.78 is 0. The zero-order valence-corrected chi connectivity index (χ0v) is 13.7. The third kappa shape index (κ3) is 3.21. The Balaban J connectivity index is 2.21. The van der Waals surface area contributed by atoms with Gasteiger partial charge in [0.1, 0.15) is 0 Å². The maximum absolute atomic E-state index is 6.23. The van der Waals surface area contributed by atoms with Gasteiger partial charge in [-0.25, -0.2) is 0 Å². The molecular formula is C14H18Cl2N2S. The zero-order valence-electron chi connectivity index (χ0n) is 11.4. The fourth-order valence-electron chi connectivity index (χ4n) is 2.02. The first-order chi connectivity index (χ1) is 8.99. The third-order valence-corrected chi connectivity index (χ3v) is 5.49. The van der Waals surface area contributed by atoms with Crippen molar-refractivity contribution in [3.63, 3.8) is 0 Å². The maximum atomic E-state index is 6.23. The molecule has 0 amide bonds. The fourth-order valence-corrected chi connectivity index (χ4v) is 3.76. The standard InChI is InChI=1S/C14H18Cl2N2S/c1-4-14(5-2)8-19-13(18-14)17-12-7-10(15)9(3)6-11(12)16/h6-7H,4-5,8H2,1-3H3,(H,17,18). The highest BCUT2D eigenvalue weighted by Gasteiger charge is 2.32. The fraction of sp³-hybridized carbons (Fsp3) is 0.500. The van der Waals surface area contributed by atoms with E-state index in [2.05, 4.69) is 19.2 Å². The van der Waals surface area contributed by atoms with Gasteiger partial charge in [-0.1, -0.05) is 48.8 Å². The molecule has 19 heavy (non-hydrogen) atoms. The normalized spacial score (nSPS) is 17.4. The number of aliphatic imine (C=N–C) groups is 1. The average molecular weight is 317 g/mol. The van der Waals surface area contributed by atoms with Crippen LogP contribution in [0.15, 0.2) is 17.1 Å². The van der Waals surface area contributed by atoms with Gasteiger partial charge in [0.15, 0.2) is 5.17 Å². The number of nitrogens with zero attached hydrogens (tertiary/aromatic N) is 1. The number of thioether (sulfide) groups is 1. The molecule has 1 aliphatic rings. The van der Waals surface area contributed by atoms with Gasteiger partial charge in [0.25, 0.3) is 0 Å². The van der Waals surface area contributed by atoms with Crippen molar-refractivity contribution in [1.82, 2.24) is 0 Å². The summed E-state index contributed by atoms with van der Waals surface area (Å²) in [6.45, 7) is 6.32. The summed E-state index contributed by atoms with van der Waals surface area (Å²) in [5.74, 6) is 1.03. The highest BCUT2D eigenvalue weighted by molar-refractivity contribution is 8.14. The van der Waals surface area contributed by atoms with Crippen LogP contribution in [0.1, 0.15) is 32.3 Å². The second kappa shape index (κ2) is 5.94. The molecule has 0 aromatic heterocycles. The second-order valence-corrected chi connectivity index (χ2v) is 6.62. The molecule has 0 spiro atoms. The smallest absolute Gasteiger partial charge is 0.161 e. The predicted octanol–water partition coefficient (Wildman–Crippen LogP) is 5.38. The lowest BCUT2D eigenvalue weighted by atomic mass is 9.97. The maximum Gasteiger partial charge on any atom is 0.161 e. The number of aryl methyl sites for hydroxylation is 1. The van der Waals surface area contributed by atoms with E-state index in [0.717, 1.165) is 35.0 Å². The zero-order chi connectivity index (χ0) is 14.0. The topological polar surface area (TPSA) is 24.4 Å². The first-order valence-electron chi connectivity index (χ1n) is 6.45. The molecule has 0 bridgehead atoms. The molecule has 1 aromatic rings. The van der Waals surface area contributed by atoms with Crippen molar-refractivity contribution in [1.29, 1.82) is 0 Å². The van der Waals surface area contributed by atoms with E-state index in [4.69, 9.17) is 28.2 Å². The molecule has 0 saturated carbocycles. The monoisotopic (exact) mass is 316 g/mol. The van der Waals surface area contributed by atoms with Crippen LogP contribution in [0.2, 0.25) is 10.0 Å². The molecule has 1 aliphatic heterocycles. The predicted molar refractivity (Wildman–Crippen MR) is 88.0 cm³/mol. The number of halogens is 2. The molecule has 2 nitrogen and oxygen atoms in total. The summed E-state index contributed by atoms with van der Waals surface area (Å²) in [5.41, 5.74) is 1.88. The molecule has 0 unspecified atom stereocenters. The molecule has 5 heteroatoms. The van der Waals surface area contributed by atoms with E-state index in [1.165, 1.54) is 0 Å². The molecule has 0 fully saturated rings. The molecule has 0 atom stereocenters. The Morgan fingerprint density at radius 1 is 1.26 bits per heavy atom. The van der Waals surface area contributed by atoms with Crippen molar-refractivity contribution >= 4 is 45.8 Å². The SMILES string of the molecule is CCC1(CC)CSC(Nc2cc(Cl)c(C)cc2Cl)=N1. The summed E-state index contributed by atoms with van der Waals surface area (Å²) in [5, 5.41) is 5.62. The quantitative estimate of drug-likeness (QED) is 0.810. The van der Waals surface area contributed by atoms with Crippen molar-refractivity contribution < 1.29 is 0 Å². The van der Waals surface area contributed by atoms with E-state index in [1.54, 1.807) is 11.8 Å². The third-order valence-electron chi connectivity index (χ3n) is 3.62. The number of benzene rings is 1. The van der Waals surface area contributed by atoms with E-state index < -0.39 is 0 Å². The number of hydrogen-bond acceptors (Lipinski definition) is 3. The van der Waals surface area contributed by atoms with Gasteiger partial charge in [0.2, 0.25) is 0 Å². The lowest BCUT2D eigenvalue weighted by molar-refractivity contribution is 0.456. The Hall–Kier alpha value is -0.380. The lowest BCUT2D eigenvalue weighted by Gasteiger charge is -2.20. The van der Waals surface area contributed by atoms with Crippen LogP contribution in [0.25, 0.3) is 0 Å². The molecule has 0 radical (unpaired) electrons. The Kier molecular flexibility index (Phi) is 4.70. The Bertz CT molecular complexity index is 510. The Labute approximate surface area is 129 Å². The highest BCUT2D eigenvalue weighted by Crippen LogP contribution is 2.35. The van der Waals surface area contributed by atoms with E-state index in [1.807, 2.05) is 19.1 Å².